The van der Waals surface area contributed by atoms with E-state index in [0.717, 1.165) is 24.4 Å². The molecule has 4 fully saturated rings. The van der Waals surface area contributed by atoms with Crippen molar-refractivity contribution in [3.63, 3.8) is 0 Å². The molecule has 0 spiro atoms. The first-order valence-electron chi connectivity index (χ1n) is 9.36. The van der Waals surface area contributed by atoms with Gasteiger partial charge in [-0.25, -0.2) is 0 Å². The summed E-state index contributed by atoms with van der Waals surface area (Å²) in [5.41, 5.74) is 2.72. The Kier molecular flexibility index (Phi) is 3.45. The molecule has 23 heavy (non-hydrogen) atoms. The van der Waals surface area contributed by atoms with Crippen molar-refractivity contribution >= 4 is 10.9 Å². The smallest absolute Gasteiger partial charge is 0.0454 e. The zero-order chi connectivity index (χ0) is 15.2. The van der Waals surface area contributed by atoms with Gasteiger partial charge in [-0.2, -0.15) is 0 Å². The molecular weight excluding hydrogens is 282 g/mol. The van der Waals surface area contributed by atoms with Gasteiger partial charge in [-0.1, -0.05) is 6.07 Å². The first-order valence-corrected chi connectivity index (χ1v) is 9.36. The molecule has 1 N–H and O–H groups in total. The summed E-state index contributed by atoms with van der Waals surface area (Å²) in [6.45, 7) is 6.42. The van der Waals surface area contributed by atoms with Gasteiger partial charge in [0, 0.05) is 50.5 Å². The third-order valence-corrected chi connectivity index (χ3v) is 6.12. The molecule has 0 unspecified atom stereocenters. The predicted molar refractivity (Wildman–Crippen MR) is 94.4 cm³/mol. The third-order valence-electron chi connectivity index (χ3n) is 6.12. The lowest BCUT2D eigenvalue weighted by Gasteiger charge is -2.36. The van der Waals surface area contributed by atoms with Crippen molar-refractivity contribution in [2.24, 2.45) is 11.8 Å². The van der Waals surface area contributed by atoms with Crippen molar-refractivity contribution < 1.29 is 0 Å². The summed E-state index contributed by atoms with van der Waals surface area (Å²) in [4.78, 5) is 8.85. The summed E-state index contributed by atoms with van der Waals surface area (Å²) in [5.74, 6) is 1.92. The van der Waals surface area contributed by atoms with Gasteiger partial charge in [0.15, 0.2) is 0 Å². The SMILES string of the molecule is c1cc2cc(CN3C[C@@H]4CC[C@H](C3)N(CC3CC3)C4)ccc2[nH]1. The molecule has 1 aromatic carbocycles. The molecule has 3 aliphatic heterocycles. The number of aromatic nitrogens is 1. The van der Waals surface area contributed by atoms with Gasteiger partial charge >= 0.3 is 0 Å². The Morgan fingerprint density at radius 1 is 1.00 bits per heavy atom. The normalized spacial score (nSPS) is 29.2. The van der Waals surface area contributed by atoms with Crippen molar-refractivity contribution in [2.75, 3.05) is 26.2 Å². The average Bonchev–Trinajstić information content (AvgIpc) is 3.30. The Morgan fingerprint density at radius 2 is 1.96 bits per heavy atom. The van der Waals surface area contributed by atoms with Gasteiger partial charge in [0.2, 0.25) is 0 Å². The van der Waals surface area contributed by atoms with Crippen LogP contribution in [0.4, 0.5) is 0 Å². The highest BCUT2D eigenvalue weighted by Crippen LogP contribution is 2.35. The van der Waals surface area contributed by atoms with E-state index in [1.165, 1.54) is 68.3 Å². The number of rotatable bonds is 4. The molecule has 3 saturated heterocycles. The van der Waals surface area contributed by atoms with Crippen LogP contribution in [-0.2, 0) is 6.54 Å². The standard InChI is InChI=1S/C20H27N3/c1-2-15(1)12-23-13-17-3-5-19(23)14-22(11-17)10-16-4-6-20-18(9-16)7-8-21-20/h4,6-9,15,17,19,21H,1-3,5,10-14H2/t17-,19+/m0/s1. The van der Waals surface area contributed by atoms with Crippen LogP contribution in [0.15, 0.2) is 30.5 Å². The van der Waals surface area contributed by atoms with E-state index in [2.05, 4.69) is 39.0 Å². The van der Waals surface area contributed by atoms with E-state index in [0.29, 0.717) is 0 Å². The van der Waals surface area contributed by atoms with E-state index in [-0.39, 0.29) is 0 Å². The first-order chi connectivity index (χ1) is 11.3. The van der Waals surface area contributed by atoms with Crippen LogP contribution >= 0.6 is 0 Å². The number of aromatic amines is 1. The van der Waals surface area contributed by atoms with Gasteiger partial charge in [-0.15, -0.1) is 0 Å². The molecule has 1 saturated carbocycles. The quantitative estimate of drug-likeness (QED) is 0.934. The van der Waals surface area contributed by atoms with Gasteiger partial charge < -0.3 is 4.98 Å². The Balaban J connectivity index is 1.30. The summed E-state index contributed by atoms with van der Waals surface area (Å²) in [6.07, 6.45) is 7.86. The third kappa shape index (κ3) is 2.92. The molecule has 4 aliphatic rings. The average molecular weight is 309 g/mol. The van der Waals surface area contributed by atoms with Crippen molar-refractivity contribution in [2.45, 2.75) is 38.3 Å². The lowest BCUT2D eigenvalue weighted by atomic mass is 9.95. The summed E-state index contributed by atoms with van der Waals surface area (Å²) in [5, 5.41) is 1.34. The zero-order valence-corrected chi connectivity index (χ0v) is 13.9. The maximum absolute atomic E-state index is 3.29. The van der Waals surface area contributed by atoms with E-state index >= 15 is 0 Å². The molecule has 122 valence electrons. The zero-order valence-electron chi connectivity index (χ0n) is 13.9. The van der Waals surface area contributed by atoms with Crippen LogP contribution in [0.1, 0.15) is 31.2 Å². The van der Waals surface area contributed by atoms with Crippen LogP contribution in [0, 0.1) is 11.8 Å². The highest BCUT2D eigenvalue weighted by atomic mass is 15.3. The second-order valence-electron chi connectivity index (χ2n) is 8.09. The van der Waals surface area contributed by atoms with Gasteiger partial charge in [0.1, 0.15) is 0 Å². The van der Waals surface area contributed by atoms with Crippen LogP contribution in [0.25, 0.3) is 10.9 Å². The molecule has 4 heterocycles. The van der Waals surface area contributed by atoms with Gasteiger partial charge in [0.25, 0.3) is 0 Å². The number of piperidine rings is 1. The maximum atomic E-state index is 3.29. The molecule has 1 aromatic heterocycles. The lowest BCUT2D eigenvalue weighted by Crippen LogP contribution is -2.44. The lowest BCUT2D eigenvalue weighted by molar-refractivity contribution is 0.125. The highest BCUT2D eigenvalue weighted by Gasteiger charge is 2.37. The van der Waals surface area contributed by atoms with Crippen LogP contribution in [0.5, 0.6) is 0 Å². The molecular formula is C20H27N3. The van der Waals surface area contributed by atoms with Gasteiger partial charge in [-0.05, 0) is 66.7 Å². The Hall–Kier alpha value is -1.32. The fourth-order valence-corrected chi connectivity index (χ4v) is 4.72. The van der Waals surface area contributed by atoms with Crippen molar-refractivity contribution in [3.8, 4) is 0 Å². The topological polar surface area (TPSA) is 22.3 Å². The van der Waals surface area contributed by atoms with Gasteiger partial charge in [0.05, 0.1) is 0 Å². The van der Waals surface area contributed by atoms with E-state index < -0.39 is 0 Å². The van der Waals surface area contributed by atoms with Crippen LogP contribution < -0.4 is 0 Å². The predicted octanol–water partition coefficient (Wildman–Crippen LogP) is 3.47. The Bertz CT molecular complexity index is 687. The van der Waals surface area contributed by atoms with E-state index in [9.17, 15) is 0 Å². The van der Waals surface area contributed by atoms with E-state index in [1.54, 1.807) is 0 Å². The first kappa shape index (κ1) is 14.1. The number of fused-ring (bicyclic) bond motifs is 5. The number of benzene rings is 1. The Morgan fingerprint density at radius 3 is 2.87 bits per heavy atom. The monoisotopic (exact) mass is 309 g/mol. The number of hydrogen-bond acceptors (Lipinski definition) is 2. The minimum absolute atomic E-state index is 0.810. The molecule has 6 rings (SSSR count). The second kappa shape index (κ2) is 5.64. The molecule has 3 heteroatoms. The summed E-state index contributed by atoms with van der Waals surface area (Å²) in [6, 6.07) is 9.89. The van der Waals surface area contributed by atoms with E-state index in [1.807, 2.05) is 6.20 Å². The molecule has 2 aromatic rings. The Labute approximate surface area is 138 Å². The molecule has 2 atom stereocenters. The van der Waals surface area contributed by atoms with Crippen LogP contribution in [-0.4, -0.2) is 47.0 Å². The minimum Gasteiger partial charge on any atom is -0.361 e. The molecule has 3 nitrogen and oxygen atoms in total. The second-order valence-corrected chi connectivity index (χ2v) is 8.09. The summed E-state index contributed by atoms with van der Waals surface area (Å²) in [7, 11) is 0. The molecule has 0 radical (unpaired) electrons. The van der Waals surface area contributed by atoms with Crippen LogP contribution in [0.2, 0.25) is 0 Å². The number of nitrogens with zero attached hydrogens (tertiary/aromatic N) is 2. The van der Waals surface area contributed by atoms with Crippen molar-refractivity contribution in [1.82, 2.24) is 14.8 Å². The summed E-state index contributed by atoms with van der Waals surface area (Å²) < 4.78 is 0. The minimum atomic E-state index is 0.810. The van der Waals surface area contributed by atoms with Crippen molar-refractivity contribution in [3.05, 3.63) is 36.0 Å². The van der Waals surface area contributed by atoms with Gasteiger partial charge in [-0.3, -0.25) is 9.80 Å². The maximum Gasteiger partial charge on any atom is 0.0454 e. The fourth-order valence-electron chi connectivity index (χ4n) is 4.72. The number of H-pyrrole nitrogens is 1. The summed E-state index contributed by atoms with van der Waals surface area (Å²) >= 11 is 0. The fraction of sp³-hybridized carbons (Fsp3) is 0.600. The van der Waals surface area contributed by atoms with Crippen LogP contribution in [0.3, 0.4) is 0 Å². The molecule has 2 bridgehead atoms. The molecule has 1 aliphatic carbocycles. The van der Waals surface area contributed by atoms with E-state index in [4.69, 9.17) is 0 Å². The number of nitrogens with one attached hydrogen (secondary N) is 1. The highest BCUT2D eigenvalue weighted by molar-refractivity contribution is 5.79. The molecule has 0 amide bonds. The number of hydrogen-bond donors (Lipinski definition) is 1. The van der Waals surface area contributed by atoms with Crippen molar-refractivity contribution in [1.29, 1.82) is 0 Å². The largest absolute Gasteiger partial charge is 0.361 e.